The minimum Gasteiger partial charge on any atom is -0.364 e. The van der Waals surface area contributed by atoms with Gasteiger partial charge in [0.15, 0.2) is 0 Å². The summed E-state index contributed by atoms with van der Waals surface area (Å²) in [5.41, 5.74) is 6.88. The molecular formula is C18H32Cl2N4O2S. The van der Waals surface area contributed by atoms with Crippen molar-refractivity contribution in [2.75, 3.05) is 32.7 Å². The molecule has 6 nitrogen and oxygen atoms in total. The molecule has 2 N–H and O–H groups in total. The quantitative estimate of drug-likeness (QED) is 0.781. The van der Waals surface area contributed by atoms with Crippen LogP contribution < -0.4 is 5.73 Å². The average Bonchev–Trinajstić information content (AvgIpc) is 3.23. The molecule has 1 aromatic rings. The molecule has 3 rings (SSSR count). The second kappa shape index (κ2) is 10.4. The molecule has 0 unspecified atom stereocenters. The number of hydrogen-bond acceptors (Lipinski definition) is 6. The average molecular weight is 439 g/mol. The van der Waals surface area contributed by atoms with E-state index in [0.29, 0.717) is 6.54 Å². The lowest BCUT2D eigenvalue weighted by Crippen LogP contribution is -2.51. The summed E-state index contributed by atoms with van der Waals surface area (Å²) in [6.45, 7) is 11.3. The second-order valence-electron chi connectivity index (χ2n) is 8.06. The lowest BCUT2D eigenvalue weighted by Gasteiger charge is -2.35. The highest BCUT2D eigenvalue weighted by atomic mass is 35.5. The molecule has 0 aromatic carbocycles. The van der Waals surface area contributed by atoms with Gasteiger partial charge in [0, 0.05) is 50.1 Å². The van der Waals surface area contributed by atoms with Crippen LogP contribution in [0.2, 0.25) is 0 Å². The van der Waals surface area contributed by atoms with Crippen molar-refractivity contribution in [1.82, 2.24) is 14.8 Å². The van der Waals surface area contributed by atoms with E-state index in [0.717, 1.165) is 51.3 Å². The molecule has 27 heavy (non-hydrogen) atoms. The number of aromatic nitrogens is 1. The molecule has 1 amide bonds. The predicted molar refractivity (Wildman–Crippen MR) is 114 cm³/mol. The van der Waals surface area contributed by atoms with Gasteiger partial charge in [-0.25, -0.2) is 4.98 Å². The topological polar surface area (TPSA) is 71.7 Å². The first-order chi connectivity index (χ1) is 11.9. The number of carbonyl (C=O) groups is 1. The zero-order valence-electron chi connectivity index (χ0n) is 16.3. The van der Waals surface area contributed by atoms with Crippen LogP contribution in [0.3, 0.4) is 0 Å². The molecule has 2 aliphatic heterocycles. The van der Waals surface area contributed by atoms with Crippen LogP contribution in [0.4, 0.5) is 0 Å². The van der Waals surface area contributed by atoms with Crippen LogP contribution in [-0.4, -0.2) is 65.6 Å². The Balaban J connectivity index is 0.00000182. The first-order valence-corrected chi connectivity index (χ1v) is 10.1. The summed E-state index contributed by atoms with van der Waals surface area (Å²) >= 11 is 1.74. The molecule has 156 valence electrons. The van der Waals surface area contributed by atoms with Crippen LogP contribution in [0.1, 0.15) is 44.3 Å². The molecule has 0 radical (unpaired) electrons. The highest BCUT2D eigenvalue weighted by Crippen LogP contribution is 2.26. The van der Waals surface area contributed by atoms with Crippen LogP contribution in [0.5, 0.6) is 0 Å². The molecule has 9 heteroatoms. The maximum atomic E-state index is 12.6. The van der Waals surface area contributed by atoms with Gasteiger partial charge >= 0.3 is 0 Å². The summed E-state index contributed by atoms with van der Waals surface area (Å²) in [6.07, 6.45) is 1.46. The first kappa shape index (κ1) is 24.6. The van der Waals surface area contributed by atoms with Crippen LogP contribution in [0.15, 0.2) is 5.38 Å². The molecule has 2 fully saturated rings. The lowest BCUT2D eigenvalue weighted by molar-refractivity contribution is -0.144. The summed E-state index contributed by atoms with van der Waals surface area (Å²) < 4.78 is 5.74. The molecule has 1 aromatic heterocycles. The van der Waals surface area contributed by atoms with E-state index in [4.69, 9.17) is 15.5 Å². The van der Waals surface area contributed by atoms with Gasteiger partial charge in [0.2, 0.25) is 0 Å². The van der Waals surface area contributed by atoms with E-state index in [1.54, 1.807) is 11.3 Å². The Morgan fingerprint density at radius 3 is 2.44 bits per heavy atom. The fourth-order valence-corrected chi connectivity index (χ4v) is 4.24. The Morgan fingerprint density at radius 2 is 1.93 bits per heavy atom. The van der Waals surface area contributed by atoms with E-state index in [1.807, 2.05) is 4.90 Å². The Kier molecular flexibility index (Phi) is 9.45. The molecule has 0 spiro atoms. The number of ether oxygens (including phenoxy) is 1. The van der Waals surface area contributed by atoms with E-state index in [-0.39, 0.29) is 48.3 Å². The fourth-order valence-electron chi connectivity index (χ4n) is 3.34. The summed E-state index contributed by atoms with van der Waals surface area (Å²) in [7, 11) is 0. The summed E-state index contributed by atoms with van der Waals surface area (Å²) in [6, 6.07) is 0. The Hall–Kier alpha value is -0.440. The maximum absolute atomic E-state index is 12.6. The van der Waals surface area contributed by atoms with Gasteiger partial charge in [0.1, 0.15) is 6.10 Å². The molecular weight excluding hydrogens is 407 g/mol. The molecule has 2 atom stereocenters. The number of amides is 1. The number of nitrogens with zero attached hydrogens (tertiary/aromatic N) is 3. The van der Waals surface area contributed by atoms with Crippen molar-refractivity contribution in [2.45, 2.75) is 57.8 Å². The Morgan fingerprint density at radius 1 is 1.26 bits per heavy atom. The molecule has 3 heterocycles. The van der Waals surface area contributed by atoms with E-state index < -0.39 is 0 Å². The summed E-state index contributed by atoms with van der Waals surface area (Å²) in [5, 5.41) is 3.35. The Labute approximate surface area is 178 Å². The van der Waals surface area contributed by atoms with Crippen molar-refractivity contribution in [2.24, 2.45) is 5.73 Å². The van der Waals surface area contributed by atoms with Crippen LogP contribution >= 0.6 is 36.2 Å². The van der Waals surface area contributed by atoms with Crippen molar-refractivity contribution in [3.8, 4) is 0 Å². The monoisotopic (exact) mass is 438 g/mol. The van der Waals surface area contributed by atoms with Crippen molar-refractivity contribution in [3.63, 3.8) is 0 Å². The summed E-state index contributed by atoms with van der Waals surface area (Å²) in [5.74, 6) is 0.138. The number of piperazine rings is 1. The first-order valence-electron chi connectivity index (χ1n) is 9.18. The smallest absolute Gasteiger partial charge is 0.251 e. The van der Waals surface area contributed by atoms with Crippen molar-refractivity contribution in [3.05, 3.63) is 16.1 Å². The fraction of sp³-hybridized carbons (Fsp3) is 0.778. The van der Waals surface area contributed by atoms with Crippen LogP contribution in [-0.2, 0) is 21.5 Å². The zero-order valence-corrected chi connectivity index (χ0v) is 18.8. The van der Waals surface area contributed by atoms with Gasteiger partial charge in [-0.2, -0.15) is 0 Å². The number of rotatable bonds is 4. The molecule has 2 saturated heterocycles. The van der Waals surface area contributed by atoms with Crippen molar-refractivity contribution < 1.29 is 9.53 Å². The van der Waals surface area contributed by atoms with Gasteiger partial charge in [-0.05, 0) is 12.8 Å². The van der Waals surface area contributed by atoms with Gasteiger partial charge in [-0.3, -0.25) is 9.69 Å². The predicted octanol–water partition coefficient (Wildman–Crippen LogP) is 2.43. The molecule has 2 aliphatic rings. The second-order valence-corrected chi connectivity index (χ2v) is 8.91. The Bertz CT molecular complexity index is 600. The van der Waals surface area contributed by atoms with E-state index in [1.165, 1.54) is 5.01 Å². The SMILES string of the molecule is CC(C)(C)c1nc(CN2CCN(C(=O)[C@@H]3CC[C@H](CN)O3)CC2)cs1.Cl.Cl. The number of nitrogens with two attached hydrogens (primary N) is 1. The maximum Gasteiger partial charge on any atom is 0.251 e. The third-order valence-corrected chi connectivity index (χ3v) is 6.23. The highest BCUT2D eigenvalue weighted by molar-refractivity contribution is 7.09. The third-order valence-electron chi connectivity index (χ3n) is 4.91. The molecule has 0 aliphatic carbocycles. The molecule has 0 bridgehead atoms. The number of carbonyl (C=O) groups excluding carboxylic acids is 1. The van der Waals surface area contributed by atoms with E-state index in [2.05, 4.69) is 31.1 Å². The summed E-state index contributed by atoms with van der Waals surface area (Å²) in [4.78, 5) is 21.7. The highest BCUT2D eigenvalue weighted by Gasteiger charge is 2.34. The minimum absolute atomic E-state index is 0. The zero-order chi connectivity index (χ0) is 18.0. The van der Waals surface area contributed by atoms with Gasteiger partial charge < -0.3 is 15.4 Å². The normalized spacial score (nSPS) is 23.6. The third kappa shape index (κ3) is 6.27. The molecule has 0 saturated carbocycles. The number of halogens is 2. The van der Waals surface area contributed by atoms with Gasteiger partial charge in [0.25, 0.3) is 5.91 Å². The standard InChI is InChI=1S/C18H30N4O2S.2ClH/c1-18(2,3)17-20-13(12-25-17)11-21-6-8-22(9-7-21)16(23)15-5-4-14(10-19)24-15;;/h12,14-15H,4-11,19H2,1-3H3;2*1H/t14-,15+;;/m1../s1. The van der Waals surface area contributed by atoms with Crippen LogP contribution in [0.25, 0.3) is 0 Å². The van der Waals surface area contributed by atoms with E-state index in [9.17, 15) is 4.79 Å². The number of hydrogen-bond donors (Lipinski definition) is 1. The van der Waals surface area contributed by atoms with E-state index >= 15 is 0 Å². The van der Waals surface area contributed by atoms with Gasteiger partial charge in [-0.1, -0.05) is 20.8 Å². The van der Waals surface area contributed by atoms with Gasteiger partial charge in [0.05, 0.1) is 16.8 Å². The largest absolute Gasteiger partial charge is 0.364 e. The van der Waals surface area contributed by atoms with Crippen molar-refractivity contribution in [1.29, 1.82) is 0 Å². The van der Waals surface area contributed by atoms with Gasteiger partial charge in [-0.15, -0.1) is 36.2 Å². The minimum atomic E-state index is -0.284. The van der Waals surface area contributed by atoms with Crippen molar-refractivity contribution >= 4 is 42.1 Å². The van der Waals surface area contributed by atoms with Crippen LogP contribution in [0, 0.1) is 0 Å². The lowest BCUT2D eigenvalue weighted by atomic mass is 9.98. The number of thiazole rings is 1.